The second-order valence-electron chi connectivity index (χ2n) is 5.58. The van der Waals surface area contributed by atoms with Crippen molar-refractivity contribution in [2.45, 2.75) is 38.2 Å². The number of hydrogen-bond acceptors (Lipinski definition) is 4. The molecule has 2 N–H and O–H groups in total. The molecule has 22 heavy (non-hydrogen) atoms. The highest BCUT2D eigenvalue weighted by molar-refractivity contribution is 6.33. The summed E-state index contributed by atoms with van der Waals surface area (Å²) in [6.07, 6.45) is 4.48. The van der Waals surface area contributed by atoms with Crippen LogP contribution in [0.4, 0.5) is 5.69 Å². The Morgan fingerprint density at radius 3 is 2.82 bits per heavy atom. The molecule has 1 saturated carbocycles. The van der Waals surface area contributed by atoms with Crippen LogP contribution in [-0.2, 0) is 0 Å². The summed E-state index contributed by atoms with van der Waals surface area (Å²) in [5, 5.41) is 23.1. The first kappa shape index (κ1) is 16.7. The Morgan fingerprint density at radius 1 is 1.45 bits per heavy atom. The van der Waals surface area contributed by atoms with E-state index in [0.717, 1.165) is 32.1 Å². The average Bonchev–Trinajstić information content (AvgIpc) is 2.88. The fourth-order valence-electron chi connectivity index (χ4n) is 2.82. The van der Waals surface area contributed by atoms with Crippen LogP contribution in [0.2, 0.25) is 5.02 Å². The predicted molar refractivity (Wildman–Crippen MR) is 83.0 cm³/mol. The fraction of sp³-hybridized carbons (Fsp3) is 0.533. The van der Waals surface area contributed by atoms with E-state index in [1.165, 1.54) is 18.2 Å². The van der Waals surface area contributed by atoms with Crippen molar-refractivity contribution in [2.75, 3.05) is 6.54 Å². The highest BCUT2D eigenvalue weighted by Crippen LogP contribution is 2.29. The standard InChI is InChI=1S/C15H19ClN2O4/c16-12-9-11(6-7-13(12)18(21)22)15(20)17-8-2-4-10-3-1-5-14(10)19/h6-7,9-10,14,19H,1-5,8H2,(H,17,20). The first-order chi connectivity index (χ1) is 10.5. The van der Waals surface area contributed by atoms with Gasteiger partial charge in [-0.25, -0.2) is 0 Å². The van der Waals surface area contributed by atoms with E-state index >= 15 is 0 Å². The van der Waals surface area contributed by atoms with E-state index in [-0.39, 0.29) is 22.7 Å². The van der Waals surface area contributed by atoms with Crippen molar-refractivity contribution in [3.05, 3.63) is 38.9 Å². The van der Waals surface area contributed by atoms with E-state index in [9.17, 15) is 20.0 Å². The number of nitrogens with zero attached hydrogens (tertiary/aromatic N) is 1. The van der Waals surface area contributed by atoms with Gasteiger partial charge in [-0.1, -0.05) is 18.0 Å². The first-order valence-electron chi connectivity index (χ1n) is 7.39. The SMILES string of the molecule is O=C(NCCCC1CCCC1O)c1ccc([N+](=O)[O-])c(Cl)c1. The number of halogens is 1. The van der Waals surface area contributed by atoms with Gasteiger partial charge in [0.05, 0.1) is 11.0 Å². The number of rotatable bonds is 6. The Morgan fingerprint density at radius 2 is 2.23 bits per heavy atom. The number of aliphatic hydroxyl groups is 1. The van der Waals surface area contributed by atoms with Crippen LogP contribution in [0.15, 0.2) is 18.2 Å². The third-order valence-corrected chi connectivity index (χ3v) is 4.37. The van der Waals surface area contributed by atoms with Gasteiger partial charge in [0.25, 0.3) is 11.6 Å². The molecule has 1 fully saturated rings. The molecule has 0 spiro atoms. The third-order valence-electron chi connectivity index (χ3n) is 4.06. The average molecular weight is 327 g/mol. The normalized spacial score (nSPS) is 20.8. The summed E-state index contributed by atoms with van der Waals surface area (Å²) >= 11 is 5.78. The topological polar surface area (TPSA) is 92.5 Å². The first-order valence-corrected chi connectivity index (χ1v) is 7.77. The number of carbonyl (C=O) groups is 1. The lowest BCUT2D eigenvalue weighted by molar-refractivity contribution is -0.384. The summed E-state index contributed by atoms with van der Waals surface area (Å²) in [7, 11) is 0. The number of aliphatic hydroxyl groups excluding tert-OH is 1. The van der Waals surface area contributed by atoms with Crippen molar-refractivity contribution in [1.82, 2.24) is 5.32 Å². The molecule has 1 amide bonds. The summed E-state index contributed by atoms with van der Waals surface area (Å²) in [6.45, 7) is 0.511. The zero-order valence-corrected chi connectivity index (χ0v) is 12.9. The second-order valence-corrected chi connectivity index (χ2v) is 5.99. The van der Waals surface area contributed by atoms with Gasteiger partial charge >= 0.3 is 0 Å². The maximum atomic E-state index is 11.9. The van der Waals surface area contributed by atoms with Crippen LogP contribution in [0.1, 0.15) is 42.5 Å². The minimum absolute atomic E-state index is 0.0493. The maximum absolute atomic E-state index is 11.9. The van der Waals surface area contributed by atoms with Crippen LogP contribution in [-0.4, -0.2) is 28.6 Å². The lowest BCUT2D eigenvalue weighted by Gasteiger charge is -2.14. The summed E-state index contributed by atoms with van der Waals surface area (Å²) < 4.78 is 0. The minimum atomic E-state index is -0.586. The Hall–Kier alpha value is -1.66. The summed E-state index contributed by atoms with van der Waals surface area (Å²) in [6, 6.07) is 3.92. The van der Waals surface area contributed by atoms with Gasteiger partial charge in [-0.3, -0.25) is 14.9 Å². The van der Waals surface area contributed by atoms with Crippen molar-refractivity contribution in [3.8, 4) is 0 Å². The van der Waals surface area contributed by atoms with E-state index in [2.05, 4.69) is 5.32 Å². The van der Waals surface area contributed by atoms with Crippen molar-refractivity contribution in [3.63, 3.8) is 0 Å². The van der Waals surface area contributed by atoms with Gasteiger partial charge in [-0.05, 0) is 43.7 Å². The Labute approximate surface area is 133 Å². The molecular weight excluding hydrogens is 308 g/mol. The van der Waals surface area contributed by atoms with E-state index in [1.807, 2.05) is 0 Å². The third kappa shape index (κ3) is 4.18. The Balaban J connectivity index is 1.80. The highest BCUT2D eigenvalue weighted by atomic mass is 35.5. The molecular formula is C15H19ClN2O4. The van der Waals surface area contributed by atoms with Gasteiger partial charge in [-0.15, -0.1) is 0 Å². The van der Waals surface area contributed by atoms with Gasteiger partial charge < -0.3 is 10.4 Å². The predicted octanol–water partition coefficient (Wildman–Crippen LogP) is 2.92. The lowest BCUT2D eigenvalue weighted by atomic mass is 10.00. The van der Waals surface area contributed by atoms with Crippen LogP contribution in [0.25, 0.3) is 0 Å². The zero-order valence-electron chi connectivity index (χ0n) is 12.1. The number of amides is 1. The number of hydrogen-bond donors (Lipinski definition) is 2. The van der Waals surface area contributed by atoms with Crippen molar-refractivity contribution >= 4 is 23.2 Å². The van der Waals surface area contributed by atoms with Crippen LogP contribution in [0, 0.1) is 16.0 Å². The van der Waals surface area contributed by atoms with Gasteiger partial charge in [-0.2, -0.15) is 0 Å². The van der Waals surface area contributed by atoms with Crippen molar-refractivity contribution in [2.24, 2.45) is 5.92 Å². The molecule has 0 saturated heterocycles. The molecule has 0 bridgehead atoms. The molecule has 1 aliphatic carbocycles. The molecule has 120 valence electrons. The van der Waals surface area contributed by atoms with Crippen LogP contribution < -0.4 is 5.32 Å². The molecule has 2 rings (SSSR count). The quantitative estimate of drug-likeness (QED) is 0.477. The molecule has 1 aromatic rings. The van der Waals surface area contributed by atoms with Crippen LogP contribution in [0.5, 0.6) is 0 Å². The van der Waals surface area contributed by atoms with Crippen LogP contribution >= 0.6 is 11.6 Å². The van der Waals surface area contributed by atoms with Gasteiger partial charge in [0.1, 0.15) is 5.02 Å². The largest absolute Gasteiger partial charge is 0.393 e. The molecule has 6 nitrogen and oxygen atoms in total. The van der Waals surface area contributed by atoms with Crippen molar-refractivity contribution in [1.29, 1.82) is 0 Å². The number of carbonyl (C=O) groups excluding carboxylic acids is 1. The monoisotopic (exact) mass is 326 g/mol. The summed E-state index contributed by atoms with van der Waals surface area (Å²) in [5.41, 5.74) is 0.0879. The number of nitro groups is 1. The van der Waals surface area contributed by atoms with E-state index < -0.39 is 4.92 Å². The molecule has 2 unspecified atom stereocenters. The Kier molecular flexibility index (Phi) is 5.74. The maximum Gasteiger partial charge on any atom is 0.287 e. The van der Waals surface area contributed by atoms with E-state index in [0.29, 0.717) is 18.0 Å². The lowest BCUT2D eigenvalue weighted by Crippen LogP contribution is -2.25. The minimum Gasteiger partial charge on any atom is -0.393 e. The van der Waals surface area contributed by atoms with Gasteiger partial charge in [0, 0.05) is 18.2 Å². The molecule has 0 radical (unpaired) electrons. The van der Waals surface area contributed by atoms with E-state index in [4.69, 9.17) is 11.6 Å². The summed E-state index contributed by atoms with van der Waals surface area (Å²) in [4.78, 5) is 22.0. The van der Waals surface area contributed by atoms with Gasteiger partial charge in [0.2, 0.25) is 0 Å². The molecule has 0 aliphatic heterocycles. The molecule has 7 heteroatoms. The summed E-state index contributed by atoms with van der Waals surface area (Å²) in [5.74, 6) is 0.0366. The molecule has 2 atom stereocenters. The fourth-order valence-corrected chi connectivity index (χ4v) is 3.07. The second kappa shape index (κ2) is 7.56. The number of nitro benzene ring substituents is 1. The zero-order chi connectivity index (χ0) is 16.1. The number of nitrogens with one attached hydrogen (secondary N) is 1. The molecule has 0 heterocycles. The van der Waals surface area contributed by atoms with E-state index in [1.54, 1.807) is 0 Å². The Bertz CT molecular complexity index is 564. The smallest absolute Gasteiger partial charge is 0.287 e. The van der Waals surface area contributed by atoms with Gasteiger partial charge in [0.15, 0.2) is 0 Å². The molecule has 1 aliphatic rings. The highest BCUT2D eigenvalue weighted by Gasteiger charge is 2.24. The molecule has 1 aromatic carbocycles. The van der Waals surface area contributed by atoms with Crippen LogP contribution in [0.3, 0.4) is 0 Å². The number of benzene rings is 1. The van der Waals surface area contributed by atoms with Crippen molar-refractivity contribution < 1.29 is 14.8 Å². The molecule has 0 aromatic heterocycles.